The molecule has 1 aromatic rings. The molecule has 0 aromatic carbocycles. The van der Waals surface area contributed by atoms with E-state index < -0.39 is 10.0 Å². The van der Waals surface area contributed by atoms with E-state index >= 15 is 0 Å². The molecule has 1 heterocycles. The topological polar surface area (TPSA) is 98.2 Å². The molecule has 1 atom stereocenters. The zero-order valence-electron chi connectivity index (χ0n) is 8.73. The molecule has 0 saturated carbocycles. The first-order valence-electron chi connectivity index (χ1n) is 4.55. The molecule has 3 N–H and O–H groups in total. The Labute approximate surface area is 88.9 Å². The van der Waals surface area contributed by atoms with Gasteiger partial charge in [0.15, 0.2) is 0 Å². The molecule has 7 heteroatoms. The van der Waals surface area contributed by atoms with Gasteiger partial charge in [0, 0.05) is 18.7 Å². The van der Waals surface area contributed by atoms with Crippen LogP contribution in [0.2, 0.25) is 0 Å². The standard InChI is InChI=1S/C8H15N3O3S/c1-6(4-9)11-15(12,13)5-8-3-7(2)14-10-8/h3,6,11H,4-5,9H2,1-2H3/t6-/m1/s1. The third kappa shape index (κ3) is 3.98. The van der Waals surface area contributed by atoms with Crippen LogP contribution in [0.25, 0.3) is 0 Å². The van der Waals surface area contributed by atoms with Crippen LogP contribution in [-0.4, -0.2) is 26.2 Å². The molecular weight excluding hydrogens is 218 g/mol. The van der Waals surface area contributed by atoms with Crippen molar-refractivity contribution in [2.75, 3.05) is 6.54 Å². The molecule has 1 rings (SSSR count). The van der Waals surface area contributed by atoms with E-state index in [1.165, 1.54) is 0 Å². The number of hydrogen-bond donors (Lipinski definition) is 2. The maximum Gasteiger partial charge on any atom is 0.217 e. The van der Waals surface area contributed by atoms with Gasteiger partial charge in [-0.2, -0.15) is 0 Å². The summed E-state index contributed by atoms with van der Waals surface area (Å²) in [5.41, 5.74) is 5.71. The van der Waals surface area contributed by atoms with Crippen LogP contribution in [0.3, 0.4) is 0 Å². The number of aryl methyl sites for hydroxylation is 1. The quantitative estimate of drug-likeness (QED) is 0.730. The predicted octanol–water partition coefficient (Wildman–Crippen LogP) is -0.250. The van der Waals surface area contributed by atoms with Gasteiger partial charge in [0.05, 0.1) is 0 Å². The van der Waals surface area contributed by atoms with Gasteiger partial charge in [0.25, 0.3) is 0 Å². The maximum absolute atomic E-state index is 11.5. The molecule has 0 aliphatic rings. The number of aromatic nitrogens is 1. The summed E-state index contributed by atoms with van der Waals surface area (Å²) in [4.78, 5) is 0. The molecule has 6 nitrogen and oxygen atoms in total. The van der Waals surface area contributed by atoms with Gasteiger partial charge in [-0.3, -0.25) is 0 Å². The molecule has 0 unspecified atom stereocenters. The van der Waals surface area contributed by atoms with Gasteiger partial charge in [-0.05, 0) is 13.8 Å². The number of nitrogens with one attached hydrogen (secondary N) is 1. The fourth-order valence-corrected chi connectivity index (χ4v) is 2.39. The average molecular weight is 233 g/mol. The van der Waals surface area contributed by atoms with Gasteiger partial charge >= 0.3 is 0 Å². The van der Waals surface area contributed by atoms with E-state index in [0.717, 1.165) is 0 Å². The second-order valence-electron chi connectivity index (χ2n) is 3.44. The fourth-order valence-electron chi connectivity index (χ4n) is 1.08. The van der Waals surface area contributed by atoms with E-state index in [4.69, 9.17) is 10.3 Å². The number of sulfonamides is 1. The first kappa shape index (κ1) is 12.2. The van der Waals surface area contributed by atoms with Crippen LogP contribution in [0.1, 0.15) is 18.4 Å². The molecule has 0 aliphatic carbocycles. The van der Waals surface area contributed by atoms with Crippen LogP contribution in [0, 0.1) is 6.92 Å². The van der Waals surface area contributed by atoms with E-state index in [2.05, 4.69) is 9.88 Å². The van der Waals surface area contributed by atoms with Crippen LogP contribution < -0.4 is 10.5 Å². The second-order valence-corrected chi connectivity index (χ2v) is 5.20. The minimum Gasteiger partial charge on any atom is -0.361 e. The fraction of sp³-hybridized carbons (Fsp3) is 0.625. The van der Waals surface area contributed by atoms with Crippen molar-refractivity contribution < 1.29 is 12.9 Å². The summed E-state index contributed by atoms with van der Waals surface area (Å²) in [6.45, 7) is 3.67. The van der Waals surface area contributed by atoms with Crippen molar-refractivity contribution in [1.82, 2.24) is 9.88 Å². The van der Waals surface area contributed by atoms with Crippen molar-refractivity contribution >= 4 is 10.0 Å². The van der Waals surface area contributed by atoms with Gasteiger partial charge in [0.2, 0.25) is 10.0 Å². The molecular formula is C8H15N3O3S. The van der Waals surface area contributed by atoms with Gasteiger partial charge < -0.3 is 10.3 Å². The molecule has 0 amide bonds. The minimum atomic E-state index is -3.39. The Morgan fingerprint density at radius 2 is 2.33 bits per heavy atom. The molecule has 86 valence electrons. The van der Waals surface area contributed by atoms with Crippen LogP contribution >= 0.6 is 0 Å². The van der Waals surface area contributed by atoms with Crippen molar-refractivity contribution in [3.63, 3.8) is 0 Å². The minimum absolute atomic E-state index is 0.186. The highest BCUT2D eigenvalue weighted by molar-refractivity contribution is 7.88. The largest absolute Gasteiger partial charge is 0.361 e. The lowest BCUT2D eigenvalue weighted by atomic mass is 10.4. The third-order valence-electron chi connectivity index (χ3n) is 1.75. The first-order valence-corrected chi connectivity index (χ1v) is 6.20. The van der Waals surface area contributed by atoms with Crippen molar-refractivity contribution in [3.8, 4) is 0 Å². The molecule has 0 radical (unpaired) electrons. The Balaban J connectivity index is 2.64. The molecule has 0 spiro atoms. The SMILES string of the molecule is Cc1cc(CS(=O)(=O)N[C@H](C)CN)no1. The number of nitrogens with zero attached hydrogens (tertiary/aromatic N) is 1. The molecule has 1 aromatic heterocycles. The maximum atomic E-state index is 11.5. The van der Waals surface area contributed by atoms with Gasteiger partial charge in [0.1, 0.15) is 17.2 Å². The summed E-state index contributed by atoms with van der Waals surface area (Å²) in [6, 6.07) is 1.31. The van der Waals surface area contributed by atoms with Crippen LogP contribution in [-0.2, 0) is 15.8 Å². The highest BCUT2D eigenvalue weighted by Gasteiger charge is 2.16. The second kappa shape index (κ2) is 4.73. The Morgan fingerprint density at radius 1 is 1.67 bits per heavy atom. The van der Waals surface area contributed by atoms with Crippen molar-refractivity contribution in [2.45, 2.75) is 25.6 Å². The molecule has 0 aliphatic heterocycles. The lowest BCUT2D eigenvalue weighted by molar-refractivity contribution is 0.392. The van der Waals surface area contributed by atoms with Crippen molar-refractivity contribution in [3.05, 3.63) is 17.5 Å². The van der Waals surface area contributed by atoms with Crippen LogP contribution in [0.4, 0.5) is 0 Å². The van der Waals surface area contributed by atoms with Crippen molar-refractivity contribution in [1.29, 1.82) is 0 Å². The van der Waals surface area contributed by atoms with Gasteiger partial charge in [-0.15, -0.1) is 0 Å². The lowest BCUT2D eigenvalue weighted by Gasteiger charge is -2.10. The number of rotatable bonds is 5. The number of nitrogens with two attached hydrogens (primary N) is 1. The predicted molar refractivity (Wildman–Crippen MR) is 55.5 cm³/mol. The highest BCUT2D eigenvalue weighted by Crippen LogP contribution is 2.05. The summed E-state index contributed by atoms with van der Waals surface area (Å²) in [5.74, 6) is 0.404. The summed E-state index contributed by atoms with van der Waals surface area (Å²) in [6.07, 6.45) is 0. The first-order chi connectivity index (χ1) is 6.93. The summed E-state index contributed by atoms with van der Waals surface area (Å²) in [7, 11) is -3.39. The lowest BCUT2D eigenvalue weighted by Crippen LogP contribution is -2.38. The third-order valence-corrected chi connectivity index (χ3v) is 3.19. The summed E-state index contributed by atoms with van der Waals surface area (Å²) >= 11 is 0. The van der Waals surface area contributed by atoms with Gasteiger partial charge in [-0.1, -0.05) is 5.16 Å². The summed E-state index contributed by atoms with van der Waals surface area (Å²) < 4.78 is 30.3. The average Bonchev–Trinajstić information content (AvgIpc) is 2.49. The van der Waals surface area contributed by atoms with Crippen molar-refractivity contribution in [2.24, 2.45) is 5.73 Å². The Morgan fingerprint density at radius 3 is 2.80 bits per heavy atom. The van der Waals surface area contributed by atoms with Gasteiger partial charge in [-0.25, -0.2) is 13.1 Å². The highest BCUT2D eigenvalue weighted by atomic mass is 32.2. The molecule has 0 bridgehead atoms. The Hall–Kier alpha value is -0.920. The normalized spacial score (nSPS) is 14.1. The van der Waals surface area contributed by atoms with Crippen LogP contribution in [0.5, 0.6) is 0 Å². The monoisotopic (exact) mass is 233 g/mol. The summed E-state index contributed by atoms with van der Waals surface area (Å²) in [5, 5.41) is 3.61. The van der Waals surface area contributed by atoms with Crippen LogP contribution in [0.15, 0.2) is 10.6 Å². The molecule has 15 heavy (non-hydrogen) atoms. The van der Waals surface area contributed by atoms with E-state index in [0.29, 0.717) is 11.5 Å². The van der Waals surface area contributed by atoms with E-state index in [-0.39, 0.29) is 18.3 Å². The Bertz CT molecular complexity index is 413. The smallest absolute Gasteiger partial charge is 0.217 e. The number of hydrogen-bond acceptors (Lipinski definition) is 5. The Kier molecular flexibility index (Phi) is 3.83. The van der Waals surface area contributed by atoms with E-state index in [9.17, 15) is 8.42 Å². The zero-order valence-corrected chi connectivity index (χ0v) is 9.54. The van der Waals surface area contributed by atoms with E-state index in [1.807, 2.05) is 0 Å². The molecule has 0 fully saturated rings. The molecule has 0 saturated heterocycles. The van der Waals surface area contributed by atoms with E-state index in [1.54, 1.807) is 19.9 Å². The zero-order chi connectivity index (χ0) is 11.5.